The Hall–Kier alpha value is -0.0400. The molecule has 1 heteroatoms. The molecular formula is C11H22O. The van der Waals surface area contributed by atoms with Gasteiger partial charge in [-0.2, -0.15) is 0 Å². The van der Waals surface area contributed by atoms with Crippen LogP contribution >= 0.6 is 0 Å². The van der Waals surface area contributed by atoms with Crippen molar-refractivity contribution in [2.24, 2.45) is 23.2 Å². The van der Waals surface area contributed by atoms with Crippen LogP contribution in [0, 0.1) is 23.2 Å². The molecule has 0 aromatic heterocycles. The van der Waals surface area contributed by atoms with Crippen molar-refractivity contribution in [1.29, 1.82) is 0 Å². The maximum Gasteiger partial charge on any atom is 0.0462 e. The Balaban J connectivity index is 2.72. The quantitative estimate of drug-likeness (QED) is 0.675. The van der Waals surface area contributed by atoms with Crippen molar-refractivity contribution in [2.45, 2.75) is 40.5 Å². The minimum atomic E-state index is 0.376. The first-order chi connectivity index (χ1) is 5.55. The number of hydrogen-bond donors (Lipinski definition) is 1. The Morgan fingerprint density at radius 1 is 1.42 bits per heavy atom. The normalized spacial score (nSPS) is 48.2. The molecule has 0 aliphatic heterocycles. The summed E-state index contributed by atoms with van der Waals surface area (Å²) in [6, 6.07) is 0. The molecule has 0 aromatic rings. The van der Waals surface area contributed by atoms with Crippen molar-refractivity contribution in [2.75, 3.05) is 6.61 Å². The third kappa shape index (κ3) is 1.39. The van der Waals surface area contributed by atoms with E-state index in [0.717, 1.165) is 5.92 Å². The van der Waals surface area contributed by atoms with Crippen LogP contribution in [0.5, 0.6) is 0 Å². The van der Waals surface area contributed by atoms with Gasteiger partial charge in [0.05, 0.1) is 0 Å². The van der Waals surface area contributed by atoms with Gasteiger partial charge in [0, 0.05) is 6.61 Å². The Morgan fingerprint density at radius 2 is 2.00 bits per heavy atom. The van der Waals surface area contributed by atoms with E-state index in [1.54, 1.807) is 0 Å². The van der Waals surface area contributed by atoms with Gasteiger partial charge in [0.15, 0.2) is 0 Å². The largest absolute Gasteiger partial charge is 0.396 e. The van der Waals surface area contributed by atoms with Gasteiger partial charge in [-0.15, -0.1) is 0 Å². The van der Waals surface area contributed by atoms with Crippen molar-refractivity contribution in [3.05, 3.63) is 0 Å². The van der Waals surface area contributed by atoms with Crippen molar-refractivity contribution >= 4 is 0 Å². The first-order valence-electron chi connectivity index (χ1n) is 5.16. The zero-order chi connectivity index (χ0) is 9.35. The molecule has 0 bridgehead atoms. The van der Waals surface area contributed by atoms with Gasteiger partial charge in [0.2, 0.25) is 0 Å². The van der Waals surface area contributed by atoms with E-state index in [9.17, 15) is 5.11 Å². The molecule has 72 valence electrons. The molecule has 1 aliphatic rings. The van der Waals surface area contributed by atoms with Gasteiger partial charge in [0.25, 0.3) is 0 Å². The van der Waals surface area contributed by atoms with Crippen molar-refractivity contribution in [3.8, 4) is 0 Å². The van der Waals surface area contributed by atoms with Gasteiger partial charge in [0.1, 0.15) is 0 Å². The molecule has 1 rings (SSSR count). The monoisotopic (exact) mass is 170 g/mol. The van der Waals surface area contributed by atoms with E-state index in [2.05, 4.69) is 27.7 Å². The fraction of sp³-hybridized carbons (Fsp3) is 1.00. The molecule has 12 heavy (non-hydrogen) atoms. The van der Waals surface area contributed by atoms with Gasteiger partial charge in [-0.3, -0.25) is 0 Å². The molecule has 0 spiro atoms. The summed E-state index contributed by atoms with van der Waals surface area (Å²) in [4.78, 5) is 0. The Labute approximate surface area is 76.2 Å². The molecule has 0 unspecified atom stereocenters. The molecule has 0 heterocycles. The number of hydrogen-bond acceptors (Lipinski definition) is 1. The van der Waals surface area contributed by atoms with Gasteiger partial charge in [-0.05, 0) is 29.6 Å². The van der Waals surface area contributed by atoms with Crippen molar-refractivity contribution < 1.29 is 5.11 Å². The lowest BCUT2D eigenvalue weighted by molar-refractivity contribution is 0.191. The average molecular weight is 170 g/mol. The summed E-state index contributed by atoms with van der Waals surface area (Å²) in [5.41, 5.74) is 0.479. The summed E-state index contributed by atoms with van der Waals surface area (Å²) in [6.45, 7) is 9.63. The fourth-order valence-corrected chi connectivity index (χ4v) is 2.71. The lowest BCUT2D eigenvalue weighted by Crippen LogP contribution is -2.20. The Bertz CT molecular complexity index is 155. The second kappa shape index (κ2) is 3.37. The lowest BCUT2D eigenvalue weighted by atomic mass is 9.77. The van der Waals surface area contributed by atoms with Crippen LogP contribution in [0.4, 0.5) is 0 Å². The second-order valence-electron chi connectivity index (χ2n) is 4.80. The molecule has 0 saturated heterocycles. The molecule has 1 N–H and O–H groups in total. The summed E-state index contributed by atoms with van der Waals surface area (Å²) >= 11 is 0. The molecule has 4 atom stereocenters. The smallest absolute Gasteiger partial charge is 0.0462 e. The van der Waals surface area contributed by atoms with Crippen molar-refractivity contribution in [1.82, 2.24) is 0 Å². The van der Waals surface area contributed by atoms with Crippen LogP contribution in [0.25, 0.3) is 0 Å². The number of rotatable bonds is 2. The summed E-state index contributed by atoms with van der Waals surface area (Å²) in [7, 11) is 0. The minimum Gasteiger partial charge on any atom is -0.396 e. The first kappa shape index (κ1) is 10.0. The maximum absolute atomic E-state index is 9.18. The predicted molar refractivity (Wildman–Crippen MR) is 51.9 cm³/mol. The standard InChI is InChI=1S/C11H22O/c1-5-11(4)6-10(7-12)8(2)9(11)3/h8-10,12H,5-7H2,1-4H3/t8-,9-,10+,11-/m0/s1. The highest BCUT2D eigenvalue weighted by atomic mass is 16.3. The van der Waals surface area contributed by atoms with Gasteiger partial charge >= 0.3 is 0 Å². The SMILES string of the molecule is CC[C@@]1(C)C[C@H](CO)[C@@H](C)[C@@H]1C. The molecule has 1 nitrogen and oxygen atoms in total. The minimum absolute atomic E-state index is 0.376. The van der Waals surface area contributed by atoms with E-state index in [0.29, 0.717) is 23.9 Å². The van der Waals surface area contributed by atoms with Crippen molar-refractivity contribution in [3.63, 3.8) is 0 Å². The van der Waals surface area contributed by atoms with E-state index < -0.39 is 0 Å². The van der Waals surface area contributed by atoms with Crippen LogP contribution in [0.2, 0.25) is 0 Å². The summed E-state index contributed by atoms with van der Waals surface area (Å²) < 4.78 is 0. The van der Waals surface area contributed by atoms with E-state index >= 15 is 0 Å². The highest BCUT2D eigenvalue weighted by Crippen LogP contribution is 2.51. The van der Waals surface area contributed by atoms with Crippen LogP contribution in [-0.2, 0) is 0 Å². The molecular weight excluding hydrogens is 148 g/mol. The van der Waals surface area contributed by atoms with Crippen LogP contribution in [-0.4, -0.2) is 11.7 Å². The second-order valence-corrected chi connectivity index (χ2v) is 4.80. The van der Waals surface area contributed by atoms with Crippen LogP contribution in [0.3, 0.4) is 0 Å². The van der Waals surface area contributed by atoms with Gasteiger partial charge in [-0.1, -0.05) is 34.1 Å². The number of aliphatic hydroxyl groups excluding tert-OH is 1. The Morgan fingerprint density at radius 3 is 2.25 bits per heavy atom. The molecule has 0 aromatic carbocycles. The van der Waals surface area contributed by atoms with Crippen LogP contribution in [0.15, 0.2) is 0 Å². The fourth-order valence-electron chi connectivity index (χ4n) is 2.71. The molecule has 1 saturated carbocycles. The third-order valence-corrected chi connectivity index (χ3v) is 4.40. The predicted octanol–water partition coefficient (Wildman–Crippen LogP) is 2.69. The molecule has 0 amide bonds. The van der Waals surface area contributed by atoms with E-state index in [4.69, 9.17) is 0 Å². The van der Waals surface area contributed by atoms with Gasteiger partial charge < -0.3 is 5.11 Å². The highest BCUT2D eigenvalue weighted by Gasteiger charge is 2.44. The number of aliphatic hydroxyl groups is 1. The summed E-state index contributed by atoms with van der Waals surface area (Å²) in [5, 5.41) is 9.18. The molecule has 1 aliphatic carbocycles. The molecule has 0 radical (unpaired) electrons. The lowest BCUT2D eigenvalue weighted by Gasteiger charge is -2.29. The topological polar surface area (TPSA) is 20.2 Å². The highest BCUT2D eigenvalue weighted by molar-refractivity contribution is 4.93. The van der Waals surface area contributed by atoms with Crippen LogP contribution in [0.1, 0.15) is 40.5 Å². The Kier molecular flexibility index (Phi) is 2.82. The summed E-state index contributed by atoms with van der Waals surface area (Å²) in [5.74, 6) is 2.00. The van der Waals surface area contributed by atoms with E-state index in [1.165, 1.54) is 12.8 Å². The summed E-state index contributed by atoms with van der Waals surface area (Å²) in [6.07, 6.45) is 2.46. The third-order valence-electron chi connectivity index (χ3n) is 4.40. The average Bonchev–Trinajstić information content (AvgIpc) is 2.31. The van der Waals surface area contributed by atoms with E-state index in [-0.39, 0.29) is 0 Å². The first-order valence-corrected chi connectivity index (χ1v) is 5.16. The van der Waals surface area contributed by atoms with Gasteiger partial charge in [-0.25, -0.2) is 0 Å². The van der Waals surface area contributed by atoms with Crippen LogP contribution < -0.4 is 0 Å². The maximum atomic E-state index is 9.18. The molecule has 1 fully saturated rings. The zero-order valence-corrected chi connectivity index (χ0v) is 8.80. The van der Waals surface area contributed by atoms with E-state index in [1.807, 2.05) is 0 Å². The zero-order valence-electron chi connectivity index (χ0n) is 8.80.